The van der Waals surface area contributed by atoms with Gasteiger partial charge in [0.25, 0.3) is 36.2 Å². The van der Waals surface area contributed by atoms with Gasteiger partial charge >= 0.3 is 29.8 Å². The monoisotopic (exact) mass is 1820 g/mol. The van der Waals surface area contributed by atoms with Gasteiger partial charge in [-0.15, -0.1) is 28.6 Å². The number of ether oxygens (including phenoxy) is 4. The summed E-state index contributed by atoms with van der Waals surface area (Å²) >= 11 is 16.8. The number of methoxy groups -OCH3 is 2. The van der Waals surface area contributed by atoms with Gasteiger partial charge < -0.3 is 55.3 Å². The van der Waals surface area contributed by atoms with E-state index >= 15 is 0 Å². The number of carboxylic acids is 2. The number of nitrogens with zero attached hydrogens (tertiary/aromatic N) is 4. The Morgan fingerprint density at radius 3 is 1.44 bits per heavy atom. The lowest BCUT2D eigenvalue weighted by atomic mass is 9.81. The highest BCUT2D eigenvalue weighted by Gasteiger charge is 2.47. The molecule has 6 amide bonds. The highest BCUT2D eigenvalue weighted by atomic mass is 32.2. The summed E-state index contributed by atoms with van der Waals surface area (Å²) in [6.07, 6.45) is 21.2. The second kappa shape index (κ2) is 55.5. The van der Waals surface area contributed by atoms with E-state index in [0.717, 1.165) is 62.0 Å². The molecule has 9 unspecified atom stereocenters. The number of hydrogen-bond acceptors (Lipinski definition) is 29. The number of anilines is 2. The maximum atomic E-state index is 14.6. The molecule has 37 heteroatoms. The first-order valence-corrected chi connectivity index (χ1v) is 46.2. The number of carbonyl (C=O) groups is 13. The second-order valence-electron chi connectivity index (χ2n) is 33.0. The smallest absolute Gasteiger partial charge is 0.336 e. The molecule has 1 aliphatic heterocycles. The van der Waals surface area contributed by atoms with Gasteiger partial charge in [-0.2, -0.15) is 4.98 Å². The number of benzene rings is 1. The lowest BCUT2D eigenvalue weighted by Gasteiger charge is -2.33. The fourth-order valence-corrected chi connectivity index (χ4v) is 21.1. The molecule has 1 saturated heterocycles. The Balaban J connectivity index is 0.000000683. The molecule has 31 nitrogen and oxygen atoms in total. The van der Waals surface area contributed by atoms with Crippen LogP contribution in [0, 0.1) is 23.7 Å². The van der Waals surface area contributed by atoms with E-state index in [2.05, 4.69) is 74.2 Å². The Hall–Kier alpha value is -7.87. The van der Waals surface area contributed by atoms with Gasteiger partial charge in [0.15, 0.2) is 11.2 Å². The van der Waals surface area contributed by atoms with E-state index in [1.807, 2.05) is 0 Å². The van der Waals surface area contributed by atoms with Crippen LogP contribution in [0.3, 0.4) is 0 Å². The quantitative estimate of drug-likeness (QED) is 0.00650. The van der Waals surface area contributed by atoms with Crippen LogP contribution in [0.1, 0.15) is 293 Å². The zero-order valence-corrected chi connectivity index (χ0v) is 78.5. The largest absolute Gasteiger partial charge is 0.481 e. The number of esters is 2. The van der Waals surface area contributed by atoms with Gasteiger partial charge in [-0.25, -0.2) is 19.6 Å². The average Bonchev–Trinajstić information content (AvgIpc) is 0.922. The highest BCUT2D eigenvalue weighted by Crippen LogP contribution is 2.44. The van der Waals surface area contributed by atoms with Crippen LogP contribution in [0.2, 0.25) is 0 Å². The Bertz CT molecular complexity index is 4010. The molecule has 9 atom stereocenters. The van der Waals surface area contributed by atoms with Crippen LogP contribution < -0.4 is 32.1 Å². The normalized spacial score (nSPS) is 15.0. The fraction of sp³-hybridized carbons (Fsp3) is 0.682. The van der Waals surface area contributed by atoms with E-state index < -0.39 is 128 Å². The van der Waals surface area contributed by atoms with Gasteiger partial charge in [0.2, 0.25) is 23.7 Å². The number of thiocarbonyl (C=S) groups is 2. The molecule has 0 bridgehead atoms. The second-order valence-corrected chi connectivity index (χ2v) is 41.3. The number of hydroxylamine groups is 2. The van der Waals surface area contributed by atoms with E-state index in [1.165, 1.54) is 133 Å². The maximum Gasteiger partial charge on any atom is 0.336 e. The summed E-state index contributed by atoms with van der Waals surface area (Å²) in [5.41, 5.74) is -2.16. The molecule has 1 aromatic carbocycles. The fourth-order valence-electron chi connectivity index (χ4n) is 13.7. The minimum absolute atomic E-state index is 0.0214. The van der Waals surface area contributed by atoms with Crippen LogP contribution in [0.15, 0.2) is 35.3 Å². The van der Waals surface area contributed by atoms with Crippen molar-refractivity contribution in [2.45, 2.75) is 333 Å². The molecular weight excluding hydrogens is 1690 g/mol. The van der Waals surface area contributed by atoms with Gasteiger partial charge in [0, 0.05) is 70.9 Å². The first kappa shape index (κ1) is 108. The average molecular weight is 1820 g/mol. The third-order valence-electron chi connectivity index (χ3n) is 20.1. The number of aromatic nitrogens is 4. The summed E-state index contributed by atoms with van der Waals surface area (Å²) in [5.74, 6) is -12.6. The van der Waals surface area contributed by atoms with Crippen LogP contribution in [0.25, 0.3) is 11.2 Å². The molecule has 8 N–H and O–H groups in total. The topological polar surface area (TPSA) is 443 Å². The molecule has 0 aliphatic carbocycles. The first-order chi connectivity index (χ1) is 57.5. The predicted molar refractivity (Wildman–Crippen MR) is 484 cm³/mol. The summed E-state index contributed by atoms with van der Waals surface area (Å²) in [7, 11) is 2.49. The molecule has 1 fully saturated rings. The van der Waals surface area contributed by atoms with E-state index in [0.29, 0.717) is 36.4 Å². The Labute approximate surface area is 745 Å². The van der Waals surface area contributed by atoms with E-state index in [4.69, 9.17) is 53.3 Å². The Morgan fingerprint density at radius 2 is 1.02 bits per heavy atom. The van der Waals surface area contributed by atoms with Crippen molar-refractivity contribution >= 4 is 180 Å². The number of fused-ring (bicyclic) bond motifs is 1. The Morgan fingerprint density at radius 1 is 0.582 bits per heavy atom. The van der Waals surface area contributed by atoms with Crippen LogP contribution in [-0.4, -0.2) is 184 Å². The van der Waals surface area contributed by atoms with Crippen LogP contribution >= 0.6 is 71.5 Å². The summed E-state index contributed by atoms with van der Waals surface area (Å²) in [4.78, 5) is 200. The molecule has 0 saturated carbocycles. The van der Waals surface area contributed by atoms with Crippen molar-refractivity contribution < 1.29 is 96.3 Å². The maximum absolute atomic E-state index is 14.6. The lowest BCUT2D eigenvalue weighted by molar-refractivity contribution is -0.201. The van der Waals surface area contributed by atoms with Gasteiger partial charge in [-0.1, -0.05) is 178 Å². The molecule has 0 spiro atoms. The van der Waals surface area contributed by atoms with Crippen molar-refractivity contribution in [1.82, 2.24) is 40.9 Å². The van der Waals surface area contributed by atoms with Gasteiger partial charge in [0.05, 0.1) is 38.6 Å². The van der Waals surface area contributed by atoms with Crippen molar-refractivity contribution in [2.24, 2.45) is 23.7 Å². The van der Waals surface area contributed by atoms with Gasteiger partial charge in [-0.05, 0) is 151 Å². The standard InChI is InChI=1S/C50H72N8O12S3.C35H58N2O9S3/c1-9-10-11-12-13-14-15-16-17-31(4)72-48(71)73-50(7,46(68)69-8)26-34(24-33(42(63)53-30(2)3)25-49(5,6)70-29-59)43(64)57-47-56-40-39(44(65)58-47)54-36(28-52-40)27-51-35-20-18-32(19-21-35)41(62)55-37(45(66)67)22-23-38(60)61;1-9-10-11-12-13-14-15-16-17-25(4)48-33(47)49-35(7,32(43)44-8)22-27(31(42)46-37-28(39)18-19-29(37)40)20-26(30(41)36-24(2)3)21-34(5,6)45-23-38/h18-21,28-31,33-34,37,51H,9-17,22-27H2,1-8H3,(H,53,63)(H,55,62)(H,60,61)(H,66,67)(H2,52,56,57,58,64,65);23-27H,9-22H2,1-8H3,(H,36,41). The predicted octanol–water partition coefficient (Wildman–Crippen LogP) is 14.9. The molecule has 4 rings (SSSR count). The number of amides is 6. The number of hydrogen-bond donors (Lipinski definition) is 8. The minimum Gasteiger partial charge on any atom is -0.481 e. The van der Waals surface area contributed by atoms with E-state index in [9.17, 15) is 72.2 Å². The van der Waals surface area contributed by atoms with Crippen molar-refractivity contribution in [3.63, 3.8) is 0 Å². The molecule has 122 heavy (non-hydrogen) atoms. The van der Waals surface area contributed by atoms with Crippen LogP contribution in [0.4, 0.5) is 11.6 Å². The number of aliphatic carboxylic acids is 2. The molecule has 3 aromatic rings. The van der Waals surface area contributed by atoms with Crippen molar-refractivity contribution in [2.75, 3.05) is 24.9 Å². The number of imide groups is 1. The van der Waals surface area contributed by atoms with Gasteiger partial charge in [0.1, 0.15) is 33.8 Å². The zero-order chi connectivity index (χ0) is 91.5. The molecular formula is C85H130N10O21S6. The summed E-state index contributed by atoms with van der Waals surface area (Å²) in [5, 5.41) is 33.0. The molecule has 682 valence electrons. The minimum atomic E-state index is -1.42. The number of rotatable bonds is 57. The Kier molecular flexibility index (Phi) is 49.2. The lowest BCUT2D eigenvalue weighted by Crippen LogP contribution is -2.44. The van der Waals surface area contributed by atoms with Crippen molar-refractivity contribution in [3.8, 4) is 0 Å². The first-order valence-electron chi connectivity index (χ1n) is 42.0. The van der Waals surface area contributed by atoms with Crippen LogP contribution in [0.5, 0.6) is 0 Å². The number of H-pyrrole nitrogens is 1. The van der Waals surface area contributed by atoms with E-state index in [-0.39, 0.29) is 110 Å². The number of carboxylic acid groups (broad SMARTS) is 2. The number of thioether (sulfide) groups is 4. The summed E-state index contributed by atoms with van der Waals surface area (Å²) < 4.78 is 19.2. The summed E-state index contributed by atoms with van der Waals surface area (Å²) in [6, 6.07) is 4.13. The number of nitrogens with one attached hydrogen (secondary N) is 6. The third kappa shape index (κ3) is 40.8. The molecule has 1 aliphatic rings. The molecule has 2 aromatic heterocycles. The van der Waals surface area contributed by atoms with E-state index in [1.54, 1.807) is 81.4 Å². The highest BCUT2D eigenvalue weighted by molar-refractivity contribution is 8.48. The molecule has 0 radical (unpaired) electrons. The van der Waals surface area contributed by atoms with Crippen LogP contribution in [-0.2, 0) is 87.9 Å². The van der Waals surface area contributed by atoms with Crippen molar-refractivity contribution in [3.05, 3.63) is 52.1 Å². The zero-order valence-electron chi connectivity index (χ0n) is 73.6. The van der Waals surface area contributed by atoms with Crippen molar-refractivity contribution in [1.29, 1.82) is 0 Å². The SMILES string of the molecule is CCCCCCCCCCC(C)SC(=S)SC(C)(CC(CC(CC(C)(C)OC=O)C(=O)NC(C)C)C(=O)Nc1nc2ncc(CNc3ccc(C(=O)NC(CCC(=O)O)C(=O)O)cc3)nc2c(=O)[nH]1)C(=O)OC.CCCCCCCCCCC(C)SC(=S)SC(C)(CC(CC(CC(C)(C)OC=O)C(=O)NC(C)C)C(=O)ON1C(=O)CCC1=O)C(=O)OC. The number of carbonyl (C=O) groups excluding carboxylic acids is 11. The summed E-state index contributed by atoms with van der Waals surface area (Å²) in [6.45, 7) is 26.3. The number of unbranched alkanes of at least 4 members (excludes halogenated alkanes) is 14. The molecule has 3 heterocycles. The number of aromatic amines is 1. The van der Waals surface area contributed by atoms with Gasteiger partial charge in [-0.3, -0.25) is 67.8 Å². The third-order valence-corrected chi connectivity index (χ3v) is 25.8.